The molecule has 0 aliphatic heterocycles. The predicted octanol–water partition coefficient (Wildman–Crippen LogP) is 4.63. The van der Waals surface area contributed by atoms with E-state index in [1.165, 1.54) is 11.2 Å². The molecule has 0 saturated carbocycles. The molecular formula is C21H21N3O3S. The summed E-state index contributed by atoms with van der Waals surface area (Å²) in [6.07, 6.45) is 3.13. The Balaban J connectivity index is 1.55. The number of fused-ring (bicyclic) bond motifs is 1. The molecule has 0 aliphatic rings. The smallest absolute Gasteiger partial charge is 0.226 e. The SMILES string of the molecule is Cc1sc2ncnc(OCC(=O)c3cc(C)n(Cc4ccco4)c3C)c2c1C. The van der Waals surface area contributed by atoms with Crippen molar-refractivity contribution in [1.82, 2.24) is 14.5 Å². The van der Waals surface area contributed by atoms with Crippen molar-refractivity contribution < 1.29 is 13.9 Å². The molecular weight excluding hydrogens is 374 g/mol. The second kappa shape index (κ2) is 7.24. The minimum Gasteiger partial charge on any atom is -0.469 e. The van der Waals surface area contributed by atoms with E-state index < -0.39 is 0 Å². The Morgan fingerprint density at radius 3 is 2.82 bits per heavy atom. The molecule has 0 N–H and O–H groups in total. The van der Waals surface area contributed by atoms with Gasteiger partial charge in [0, 0.05) is 21.8 Å². The number of nitrogens with zero attached hydrogens (tertiary/aromatic N) is 3. The molecule has 4 aromatic heterocycles. The molecule has 144 valence electrons. The van der Waals surface area contributed by atoms with Crippen LogP contribution in [0.25, 0.3) is 10.2 Å². The van der Waals surface area contributed by atoms with E-state index in [0.29, 0.717) is 18.0 Å². The first-order valence-electron chi connectivity index (χ1n) is 9.01. The Bertz CT molecular complexity index is 1160. The molecule has 7 heteroatoms. The van der Waals surface area contributed by atoms with Crippen molar-refractivity contribution in [2.45, 2.75) is 34.2 Å². The van der Waals surface area contributed by atoms with Crippen molar-refractivity contribution in [2.24, 2.45) is 0 Å². The molecule has 0 spiro atoms. The number of aromatic nitrogens is 3. The number of thiophene rings is 1. The van der Waals surface area contributed by atoms with Gasteiger partial charge in [0.2, 0.25) is 11.7 Å². The minimum absolute atomic E-state index is 0.0640. The molecule has 0 saturated heterocycles. The summed E-state index contributed by atoms with van der Waals surface area (Å²) in [6, 6.07) is 5.69. The number of carbonyl (C=O) groups excluding carboxylic acids is 1. The van der Waals surface area contributed by atoms with E-state index in [-0.39, 0.29) is 12.4 Å². The van der Waals surface area contributed by atoms with Crippen LogP contribution in [0.4, 0.5) is 0 Å². The molecule has 6 nitrogen and oxygen atoms in total. The molecule has 0 aliphatic carbocycles. The van der Waals surface area contributed by atoms with Crippen LogP contribution in [-0.4, -0.2) is 26.9 Å². The highest BCUT2D eigenvalue weighted by atomic mass is 32.1. The Hall–Kier alpha value is -2.93. The lowest BCUT2D eigenvalue weighted by Gasteiger charge is -2.08. The topological polar surface area (TPSA) is 70.2 Å². The summed E-state index contributed by atoms with van der Waals surface area (Å²) in [5, 5.41) is 0.890. The van der Waals surface area contributed by atoms with Gasteiger partial charge in [-0.15, -0.1) is 11.3 Å². The third kappa shape index (κ3) is 3.22. The number of hydrogen-bond donors (Lipinski definition) is 0. The van der Waals surface area contributed by atoms with Crippen molar-refractivity contribution >= 4 is 27.3 Å². The molecule has 0 bridgehead atoms. The highest BCUT2D eigenvalue weighted by Gasteiger charge is 2.19. The molecule has 0 radical (unpaired) electrons. The van der Waals surface area contributed by atoms with Gasteiger partial charge in [0.05, 0.1) is 18.2 Å². The zero-order valence-corrected chi connectivity index (χ0v) is 17.1. The zero-order valence-electron chi connectivity index (χ0n) is 16.3. The number of hydrogen-bond acceptors (Lipinski definition) is 6. The van der Waals surface area contributed by atoms with Crippen LogP contribution >= 0.6 is 11.3 Å². The lowest BCUT2D eigenvalue weighted by molar-refractivity contribution is 0.0918. The molecule has 4 heterocycles. The Morgan fingerprint density at radius 1 is 1.25 bits per heavy atom. The Kier molecular flexibility index (Phi) is 4.77. The summed E-state index contributed by atoms with van der Waals surface area (Å²) >= 11 is 1.60. The van der Waals surface area contributed by atoms with Gasteiger partial charge in [-0.1, -0.05) is 0 Å². The van der Waals surface area contributed by atoms with Crippen LogP contribution in [0.5, 0.6) is 5.88 Å². The van der Waals surface area contributed by atoms with Gasteiger partial charge in [-0.2, -0.15) is 0 Å². The number of furan rings is 1. The molecule has 0 aromatic carbocycles. The normalized spacial score (nSPS) is 11.3. The first kappa shape index (κ1) is 18.4. The largest absolute Gasteiger partial charge is 0.469 e. The number of ketones is 1. The first-order valence-corrected chi connectivity index (χ1v) is 9.83. The average Bonchev–Trinajstić information content (AvgIpc) is 3.36. The quantitative estimate of drug-likeness (QED) is 0.445. The van der Waals surface area contributed by atoms with Crippen molar-refractivity contribution in [2.75, 3.05) is 6.61 Å². The zero-order chi connectivity index (χ0) is 19.8. The summed E-state index contributed by atoms with van der Waals surface area (Å²) in [5.41, 5.74) is 3.66. The molecule has 4 rings (SSSR count). The summed E-state index contributed by atoms with van der Waals surface area (Å²) in [7, 11) is 0. The average molecular weight is 395 g/mol. The maximum atomic E-state index is 12.8. The van der Waals surface area contributed by atoms with E-state index in [4.69, 9.17) is 9.15 Å². The van der Waals surface area contributed by atoms with Crippen LogP contribution in [-0.2, 0) is 6.54 Å². The summed E-state index contributed by atoms with van der Waals surface area (Å²) in [4.78, 5) is 23.4. The molecule has 0 unspecified atom stereocenters. The van der Waals surface area contributed by atoms with E-state index in [1.54, 1.807) is 17.6 Å². The maximum absolute atomic E-state index is 12.8. The van der Waals surface area contributed by atoms with Gasteiger partial charge in [-0.3, -0.25) is 4.79 Å². The highest BCUT2D eigenvalue weighted by molar-refractivity contribution is 7.18. The van der Waals surface area contributed by atoms with Crippen molar-refractivity contribution in [3.63, 3.8) is 0 Å². The third-order valence-corrected chi connectivity index (χ3v) is 6.15. The molecule has 28 heavy (non-hydrogen) atoms. The maximum Gasteiger partial charge on any atom is 0.226 e. The fourth-order valence-electron chi connectivity index (χ4n) is 3.36. The van der Waals surface area contributed by atoms with Crippen molar-refractivity contribution in [3.8, 4) is 5.88 Å². The summed E-state index contributed by atoms with van der Waals surface area (Å²) in [5.74, 6) is 1.24. The Labute approximate surface area is 166 Å². The van der Waals surface area contributed by atoms with E-state index in [0.717, 1.165) is 32.9 Å². The van der Waals surface area contributed by atoms with Gasteiger partial charge in [0.1, 0.15) is 16.9 Å². The first-order chi connectivity index (χ1) is 13.5. The monoisotopic (exact) mass is 395 g/mol. The van der Waals surface area contributed by atoms with E-state index in [2.05, 4.69) is 14.5 Å². The van der Waals surface area contributed by atoms with E-state index in [1.807, 2.05) is 45.9 Å². The molecule has 4 aromatic rings. The second-order valence-corrected chi connectivity index (χ2v) is 8.01. The van der Waals surface area contributed by atoms with Crippen LogP contribution in [0.1, 0.15) is 37.9 Å². The number of aryl methyl sites for hydroxylation is 3. The fourth-order valence-corrected chi connectivity index (χ4v) is 4.34. The van der Waals surface area contributed by atoms with Crippen LogP contribution < -0.4 is 4.74 Å². The van der Waals surface area contributed by atoms with Crippen molar-refractivity contribution in [3.05, 3.63) is 63.9 Å². The number of ether oxygens (including phenoxy) is 1. The van der Waals surface area contributed by atoms with Crippen LogP contribution in [0, 0.1) is 27.7 Å². The second-order valence-electron chi connectivity index (χ2n) is 6.80. The molecule has 0 fully saturated rings. The van der Waals surface area contributed by atoms with Gasteiger partial charge in [0.15, 0.2) is 6.61 Å². The lowest BCUT2D eigenvalue weighted by atomic mass is 10.1. The van der Waals surface area contributed by atoms with Crippen LogP contribution in [0.15, 0.2) is 35.2 Å². The predicted molar refractivity (Wildman–Crippen MR) is 108 cm³/mol. The highest BCUT2D eigenvalue weighted by Crippen LogP contribution is 2.33. The molecule has 0 atom stereocenters. The van der Waals surface area contributed by atoms with Crippen molar-refractivity contribution in [1.29, 1.82) is 0 Å². The van der Waals surface area contributed by atoms with Gasteiger partial charge >= 0.3 is 0 Å². The van der Waals surface area contributed by atoms with Crippen LogP contribution in [0.2, 0.25) is 0 Å². The number of carbonyl (C=O) groups is 1. The fraction of sp³-hybridized carbons (Fsp3) is 0.286. The summed E-state index contributed by atoms with van der Waals surface area (Å²) < 4.78 is 13.3. The number of Topliss-reactive ketones (excluding diaryl/α,β-unsaturated/α-hetero) is 1. The van der Waals surface area contributed by atoms with E-state index >= 15 is 0 Å². The third-order valence-electron chi connectivity index (χ3n) is 5.04. The lowest BCUT2D eigenvalue weighted by Crippen LogP contribution is -2.14. The standard InChI is InChI=1S/C21H21N3O3S/c1-12-8-17(14(3)24(12)9-16-6-5-7-26-16)18(25)10-27-20-19-13(2)15(4)28-21(19)23-11-22-20/h5-8,11H,9-10H2,1-4H3. The Morgan fingerprint density at radius 2 is 2.07 bits per heavy atom. The van der Waals surface area contributed by atoms with Crippen LogP contribution in [0.3, 0.4) is 0 Å². The number of rotatable bonds is 6. The minimum atomic E-state index is -0.0739. The van der Waals surface area contributed by atoms with E-state index in [9.17, 15) is 4.79 Å². The molecule has 0 amide bonds. The van der Waals surface area contributed by atoms with Gasteiger partial charge < -0.3 is 13.7 Å². The van der Waals surface area contributed by atoms with Gasteiger partial charge in [-0.05, 0) is 51.5 Å². The van der Waals surface area contributed by atoms with Gasteiger partial charge in [0.25, 0.3) is 0 Å². The van der Waals surface area contributed by atoms with Gasteiger partial charge in [-0.25, -0.2) is 9.97 Å². The summed E-state index contributed by atoms with van der Waals surface area (Å²) in [6.45, 7) is 8.53.